The number of piperidine rings is 2. The molecule has 10 heteroatoms. The number of hydrogen-bond donors (Lipinski definition) is 1. The van der Waals surface area contributed by atoms with Gasteiger partial charge >= 0.3 is 0 Å². The molecule has 1 aromatic carbocycles. The van der Waals surface area contributed by atoms with Crippen LogP contribution in [0.15, 0.2) is 30.6 Å². The van der Waals surface area contributed by atoms with E-state index in [1.807, 2.05) is 6.92 Å². The lowest BCUT2D eigenvalue weighted by atomic mass is 9.90. The molecule has 1 amide bonds. The summed E-state index contributed by atoms with van der Waals surface area (Å²) in [5, 5.41) is 0. The third-order valence-corrected chi connectivity index (χ3v) is 7.11. The van der Waals surface area contributed by atoms with Crippen LogP contribution in [0.2, 0.25) is 0 Å². The van der Waals surface area contributed by atoms with Crippen molar-refractivity contribution in [3.63, 3.8) is 0 Å². The minimum absolute atomic E-state index is 0.152. The quantitative estimate of drug-likeness (QED) is 0.632. The van der Waals surface area contributed by atoms with E-state index in [1.165, 1.54) is 12.1 Å². The maximum absolute atomic E-state index is 15.7. The highest BCUT2D eigenvalue weighted by Crippen LogP contribution is 2.33. The van der Waals surface area contributed by atoms with Gasteiger partial charge in [0.1, 0.15) is 11.6 Å². The number of carbonyl (C=O) groups excluding carboxylic acids is 1. The van der Waals surface area contributed by atoms with Crippen molar-refractivity contribution in [1.82, 2.24) is 29.3 Å². The zero-order valence-electron chi connectivity index (χ0n) is 19.3. The molecule has 0 spiro atoms. The predicted molar refractivity (Wildman–Crippen MR) is 124 cm³/mol. The van der Waals surface area contributed by atoms with E-state index in [1.54, 1.807) is 23.4 Å². The molecule has 0 bridgehead atoms. The second kappa shape index (κ2) is 8.90. The molecule has 2 aliphatic heterocycles. The van der Waals surface area contributed by atoms with Crippen LogP contribution in [-0.2, 0) is 11.3 Å². The molecule has 0 radical (unpaired) electrons. The van der Waals surface area contributed by atoms with Gasteiger partial charge in [-0.3, -0.25) is 9.69 Å². The summed E-state index contributed by atoms with van der Waals surface area (Å²) in [5.74, 6) is 0.352. The average molecular weight is 470 g/mol. The molecule has 8 nitrogen and oxygen atoms in total. The molecule has 0 saturated carbocycles. The fourth-order valence-electron chi connectivity index (χ4n) is 5.25. The zero-order valence-corrected chi connectivity index (χ0v) is 19.3. The van der Waals surface area contributed by atoms with Gasteiger partial charge in [0, 0.05) is 75.6 Å². The number of aryl methyl sites for hydroxylation is 1. The number of halogens is 2. The van der Waals surface area contributed by atoms with Crippen LogP contribution in [-0.4, -0.2) is 67.1 Å². The number of likely N-dealkylation sites (tertiary alicyclic amines) is 2. The van der Waals surface area contributed by atoms with Gasteiger partial charge in [-0.2, -0.15) is 0 Å². The lowest BCUT2D eigenvalue weighted by Crippen LogP contribution is -2.53. The minimum atomic E-state index is -1.82. The standard InChI is InChI=1S/C24H29F2N7O/c1-16-30-20-12-18(25)2-3-21(20)33(16)19-4-8-32(9-5-19)22(34)24(26)6-10-31(11-7-24)15-17-13-28-23(27)29-14-17/h2-3,12-14,19H,4-11,15H2,1H3,(H2,27,28,29). The van der Waals surface area contributed by atoms with Crippen LogP contribution in [0.25, 0.3) is 11.0 Å². The lowest BCUT2D eigenvalue weighted by Gasteiger charge is -2.40. The highest BCUT2D eigenvalue weighted by atomic mass is 19.1. The van der Waals surface area contributed by atoms with Gasteiger partial charge in [0.25, 0.3) is 5.91 Å². The number of imidazole rings is 1. The highest BCUT2D eigenvalue weighted by molar-refractivity contribution is 5.85. The van der Waals surface area contributed by atoms with E-state index in [9.17, 15) is 9.18 Å². The predicted octanol–water partition coefficient (Wildman–Crippen LogP) is 3.02. The largest absolute Gasteiger partial charge is 0.368 e. The van der Waals surface area contributed by atoms with Crippen LogP contribution in [0.4, 0.5) is 14.7 Å². The Morgan fingerprint density at radius 1 is 1.15 bits per heavy atom. The van der Waals surface area contributed by atoms with E-state index in [0.29, 0.717) is 38.2 Å². The Hall–Kier alpha value is -3.14. The van der Waals surface area contributed by atoms with Gasteiger partial charge in [0.2, 0.25) is 5.95 Å². The van der Waals surface area contributed by atoms with E-state index < -0.39 is 11.6 Å². The number of alkyl halides is 1. The summed E-state index contributed by atoms with van der Waals surface area (Å²) < 4.78 is 31.4. The van der Waals surface area contributed by atoms with Gasteiger partial charge in [-0.25, -0.2) is 23.7 Å². The smallest absolute Gasteiger partial charge is 0.260 e. The Balaban J connectivity index is 1.18. The highest BCUT2D eigenvalue weighted by Gasteiger charge is 2.44. The molecule has 5 rings (SSSR count). The molecule has 2 aromatic heterocycles. The molecule has 0 aliphatic carbocycles. The van der Waals surface area contributed by atoms with Crippen molar-refractivity contribution in [1.29, 1.82) is 0 Å². The Bertz CT molecular complexity index is 1180. The average Bonchev–Trinajstić information content (AvgIpc) is 3.16. The summed E-state index contributed by atoms with van der Waals surface area (Å²) in [7, 11) is 0. The number of hydrogen-bond acceptors (Lipinski definition) is 6. The minimum Gasteiger partial charge on any atom is -0.368 e. The van der Waals surface area contributed by atoms with Gasteiger partial charge < -0.3 is 15.2 Å². The maximum atomic E-state index is 15.7. The van der Waals surface area contributed by atoms with Crippen molar-refractivity contribution < 1.29 is 13.6 Å². The van der Waals surface area contributed by atoms with Crippen LogP contribution < -0.4 is 5.73 Å². The topological polar surface area (TPSA) is 93.2 Å². The number of anilines is 1. The van der Waals surface area contributed by atoms with E-state index in [2.05, 4.69) is 24.4 Å². The molecule has 2 saturated heterocycles. The normalized spacial score (nSPS) is 19.6. The second-order valence-corrected chi connectivity index (χ2v) is 9.38. The van der Waals surface area contributed by atoms with Crippen molar-refractivity contribution in [3.8, 4) is 0 Å². The molecular weight excluding hydrogens is 440 g/mol. The molecule has 2 fully saturated rings. The Morgan fingerprint density at radius 2 is 1.82 bits per heavy atom. The van der Waals surface area contributed by atoms with Crippen molar-refractivity contribution in [3.05, 3.63) is 47.8 Å². The molecule has 2 N–H and O–H groups in total. The van der Waals surface area contributed by atoms with Crippen LogP contribution >= 0.6 is 0 Å². The van der Waals surface area contributed by atoms with Crippen LogP contribution in [0.5, 0.6) is 0 Å². The first kappa shape index (κ1) is 22.6. The number of aromatic nitrogens is 4. The van der Waals surface area contributed by atoms with Gasteiger partial charge in [-0.05, 0) is 31.9 Å². The summed E-state index contributed by atoms with van der Waals surface area (Å²) >= 11 is 0. The zero-order chi connectivity index (χ0) is 23.9. The number of nitrogens with two attached hydrogens (primary N) is 1. The monoisotopic (exact) mass is 469 g/mol. The first-order valence-electron chi connectivity index (χ1n) is 11.7. The maximum Gasteiger partial charge on any atom is 0.260 e. The van der Waals surface area contributed by atoms with E-state index in [0.717, 1.165) is 29.7 Å². The Kier molecular flexibility index (Phi) is 5.93. The summed E-state index contributed by atoms with van der Waals surface area (Å²) in [6.07, 6.45) is 5.15. The molecule has 4 heterocycles. The first-order chi connectivity index (χ1) is 16.3. The second-order valence-electron chi connectivity index (χ2n) is 9.38. The van der Waals surface area contributed by atoms with Crippen molar-refractivity contribution in [2.75, 3.05) is 31.9 Å². The summed E-state index contributed by atoms with van der Waals surface area (Å²) in [6, 6.07) is 4.79. The molecule has 2 aliphatic rings. The number of rotatable bonds is 4. The van der Waals surface area contributed by atoms with Gasteiger partial charge in [-0.1, -0.05) is 0 Å². The molecule has 3 aromatic rings. The fraction of sp³-hybridized carbons (Fsp3) is 0.500. The van der Waals surface area contributed by atoms with Crippen molar-refractivity contribution in [2.24, 2.45) is 0 Å². The third-order valence-electron chi connectivity index (χ3n) is 7.11. The van der Waals surface area contributed by atoms with Gasteiger partial charge in [0.15, 0.2) is 5.67 Å². The SMILES string of the molecule is Cc1nc2cc(F)ccc2n1C1CCN(C(=O)C2(F)CCN(Cc3cnc(N)nc3)CC2)CC1. The number of benzene rings is 1. The van der Waals surface area contributed by atoms with Crippen LogP contribution in [0, 0.1) is 12.7 Å². The number of nitrogens with zero attached hydrogens (tertiary/aromatic N) is 6. The number of amides is 1. The first-order valence-corrected chi connectivity index (χ1v) is 11.7. The van der Waals surface area contributed by atoms with Gasteiger partial charge in [-0.15, -0.1) is 0 Å². The number of fused-ring (bicyclic) bond motifs is 1. The summed E-state index contributed by atoms with van der Waals surface area (Å²) in [6.45, 7) is 4.53. The van der Waals surface area contributed by atoms with E-state index in [-0.39, 0.29) is 30.6 Å². The van der Waals surface area contributed by atoms with Crippen molar-refractivity contribution >= 4 is 22.9 Å². The van der Waals surface area contributed by atoms with E-state index >= 15 is 4.39 Å². The summed E-state index contributed by atoms with van der Waals surface area (Å²) in [5.41, 5.74) is 6.15. The Morgan fingerprint density at radius 3 is 2.50 bits per heavy atom. The molecule has 0 unspecified atom stereocenters. The Labute approximate surface area is 196 Å². The molecule has 34 heavy (non-hydrogen) atoms. The van der Waals surface area contributed by atoms with Crippen LogP contribution in [0.3, 0.4) is 0 Å². The number of nitrogen functional groups attached to an aromatic ring is 1. The summed E-state index contributed by atoms with van der Waals surface area (Å²) in [4.78, 5) is 29.4. The lowest BCUT2D eigenvalue weighted by molar-refractivity contribution is -0.148. The number of carbonyl (C=O) groups is 1. The molecule has 180 valence electrons. The molecular formula is C24H29F2N7O. The van der Waals surface area contributed by atoms with Gasteiger partial charge in [0.05, 0.1) is 11.0 Å². The van der Waals surface area contributed by atoms with Crippen molar-refractivity contribution in [2.45, 2.75) is 50.9 Å². The third kappa shape index (κ3) is 4.34. The van der Waals surface area contributed by atoms with Crippen LogP contribution in [0.1, 0.15) is 43.1 Å². The van der Waals surface area contributed by atoms with E-state index in [4.69, 9.17) is 5.73 Å². The molecule has 0 atom stereocenters. The fourth-order valence-corrected chi connectivity index (χ4v) is 5.25.